The van der Waals surface area contributed by atoms with E-state index in [1.54, 1.807) is 0 Å². The first kappa shape index (κ1) is 16.2. The number of carbonyl (C=O) groups excluding carboxylic acids is 1. The molecule has 1 aliphatic heterocycles. The van der Waals surface area contributed by atoms with E-state index < -0.39 is 6.10 Å². The van der Waals surface area contributed by atoms with Crippen LogP contribution in [0.25, 0.3) is 0 Å². The lowest BCUT2D eigenvalue weighted by molar-refractivity contribution is 0.0173. The highest BCUT2D eigenvalue weighted by atomic mass is 16.5. The summed E-state index contributed by atoms with van der Waals surface area (Å²) in [5, 5.41) is 15.7. The van der Waals surface area contributed by atoms with Gasteiger partial charge in [-0.1, -0.05) is 13.8 Å². The molecule has 1 saturated heterocycles. The molecule has 1 heterocycles. The number of nitrogens with zero attached hydrogens (tertiary/aromatic N) is 1. The Balaban J connectivity index is 2.42. The maximum absolute atomic E-state index is 11.6. The Bertz CT molecular complexity index is 282. The summed E-state index contributed by atoms with van der Waals surface area (Å²) in [5.41, 5.74) is 0. The summed E-state index contributed by atoms with van der Waals surface area (Å²) in [6, 6.07) is -0.517. The largest absolute Gasteiger partial charge is 0.388 e. The van der Waals surface area contributed by atoms with Crippen LogP contribution < -0.4 is 10.6 Å². The van der Waals surface area contributed by atoms with Crippen molar-refractivity contribution in [2.24, 2.45) is 0 Å². The van der Waals surface area contributed by atoms with Crippen LogP contribution in [0, 0.1) is 0 Å². The van der Waals surface area contributed by atoms with Gasteiger partial charge in [0.05, 0.1) is 18.8 Å². The Hall–Kier alpha value is -0.850. The number of ether oxygens (including phenoxy) is 1. The molecule has 1 unspecified atom stereocenters. The second kappa shape index (κ2) is 7.67. The summed E-state index contributed by atoms with van der Waals surface area (Å²) in [6.45, 7) is 10.8. The smallest absolute Gasteiger partial charge is 0.315 e. The second-order valence-corrected chi connectivity index (χ2v) is 5.23. The van der Waals surface area contributed by atoms with E-state index in [-0.39, 0.29) is 24.2 Å². The molecule has 2 amide bonds. The van der Waals surface area contributed by atoms with Crippen LogP contribution in [0.2, 0.25) is 0 Å². The van der Waals surface area contributed by atoms with Gasteiger partial charge in [0.25, 0.3) is 0 Å². The van der Waals surface area contributed by atoms with Crippen molar-refractivity contribution in [2.75, 3.05) is 26.2 Å². The molecular weight excluding hydrogens is 246 g/mol. The Kier molecular flexibility index (Phi) is 6.54. The third-order valence-corrected chi connectivity index (χ3v) is 3.35. The van der Waals surface area contributed by atoms with Crippen molar-refractivity contribution in [3.63, 3.8) is 0 Å². The van der Waals surface area contributed by atoms with E-state index in [2.05, 4.69) is 29.4 Å². The molecule has 0 aromatic rings. The van der Waals surface area contributed by atoms with Crippen LogP contribution in [0.15, 0.2) is 0 Å². The molecule has 0 aliphatic carbocycles. The van der Waals surface area contributed by atoms with E-state index >= 15 is 0 Å². The highest BCUT2D eigenvalue weighted by Gasteiger charge is 2.37. The van der Waals surface area contributed by atoms with E-state index in [0.717, 1.165) is 13.1 Å². The first-order chi connectivity index (χ1) is 8.97. The predicted molar refractivity (Wildman–Crippen MR) is 74.1 cm³/mol. The van der Waals surface area contributed by atoms with Gasteiger partial charge < -0.3 is 25.4 Å². The number of hydrogen-bond donors (Lipinski definition) is 3. The lowest BCUT2D eigenvalue weighted by atomic mass is 10.1. The molecule has 6 nitrogen and oxygen atoms in total. The molecule has 0 aromatic carbocycles. The quantitative estimate of drug-likeness (QED) is 0.645. The average molecular weight is 273 g/mol. The number of likely N-dealkylation sites (N-methyl/N-ethyl adjacent to an activating group) is 1. The van der Waals surface area contributed by atoms with E-state index in [0.29, 0.717) is 13.2 Å². The summed E-state index contributed by atoms with van der Waals surface area (Å²) in [6.07, 6.45) is -0.886. The monoisotopic (exact) mass is 273 g/mol. The molecule has 0 saturated carbocycles. The minimum Gasteiger partial charge on any atom is -0.388 e. The Morgan fingerprint density at radius 3 is 2.58 bits per heavy atom. The van der Waals surface area contributed by atoms with Gasteiger partial charge in [-0.25, -0.2) is 4.79 Å². The van der Waals surface area contributed by atoms with Gasteiger partial charge in [0.15, 0.2) is 0 Å². The number of aliphatic hydroxyl groups excluding tert-OH is 1. The third-order valence-electron chi connectivity index (χ3n) is 3.35. The number of rotatable bonds is 6. The molecule has 6 heteroatoms. The number of urea groups is 1. The summed E-state index contributed by atoms with van der Waals surface area (Å²) >= 11 is 0. The molecule has 3 atom stereocenters. The van der Waals surface area contributed by atoms with Crippen molar-refractivity contribution in [2.45, 2.75) is 52.0 Å². The van der Waals surface area contributed by atoms with Gasteiger partial charge in [-0.3, -0.25) is 0 Å². The van der Waals surface area contributed by atoms with Crippen molar-refractivity contribution >= 4 is 6.03 Å². The molecule has 1 rings (SSSR count). The topological polar surface area (TPSA) is 73.8 Å². The summed E-state index contributed by atoms with van der Waals surface area (Å²) < 4.78 is 5.58. The van der Waals surface area contributed by atoms with E-state index in [1.165, 1.54) is 0 Å². The fraction of sp³-hybridized carbons (Fsp3) is 0.923. The van der Waals surface area contributed by atoms with Crippen LogP contribution in [-0.4, -0.2) is 66.6 Å². The lowest BCUT2D eigenvalue weighted by Gasteiger charge is -2.25. The molecule has 112 valence electrons. The molecule has 0 radical (unpaired) electrons. The Labute approximate surface area is 115 Å². The number of aliphatic hydroxyl groups is 1. The van der Waals surface area contributed by atoms with Crippen molar-refractivity contribution in [3.8, 4) is 0 Å². The normalized spacial score (nSPS) is 27.0. The predicted octanol–water partition coefficient (Wildman–Crippen LogP) is 0.164. The van der Waals surface area contributed by atoms with E-state index in [1.807, 2.05) is 13.8 Å². The zero-order valence-electron chi connectivity index (χ0n) is 12.3. The highest BCUT2D eigenvalue weighted by Crippen LogP contribution is 2.15. The standard InChI is InChI=1S/C13H27N3O3/c1-5-16(6-2)7-11-12(17)10(8-19-11)15-13(18)14-9(3)4/h9-12,17H,5-8H2,1-4H3,(H2,14,15,18)/t10?,11-,12+/m0/s1. The van der Waals surface area contributed by atoms with Gasteiger partial charge in [-0.05, 0) is 26.9 Å². The van der Waals surface area contributed by atoms with Gasteiger partial charge in [-0.2, -0.15) is 0 Å². The number of hydrogen-bond acceptors (Lipinski definition) is 4. The fourth-order valence-corrected chi connectivity index (χ4v) is 2.18. The maximum Gasteiger partial charge on any atom is 0.315 e. The van der Waals surface area contributed by atoms with Crippen LogP contribution in [0.4, 0.5) is 4.79 Å². The van der Waals surface area contributed by atoms with Crippen LogP contribution in [0.5, 0.6) is 0 Å². The fourth-order valence-electron chi connectivity index (χ4n) is 2.18. The van der Waals surface area contributed by atoms with E-state index in [9.17, 15) is 9.90 Å². The number of amides is 2. The van der Waals surface area contributed by atoms with Crippen molar-refractivity contribution in [3.05, 3.63) is 0 Å². The first-order valence-corrected chi connectivity index (χ1v) is 7.06. The average Bonchev–Trinajstić information content (AvgIpc) is 2.67. The minimum atomic E-state index is -0.654. The van der Waals surface area contributed by atoms with Crippen molar-refractivity contribution in [1.82, 2.24) is 15.5 Å². The molecule has 0 aromatic heterocycles. The molecular formula is C13H27N3O3. The number of carbonyl (C=O) groups is 1. The molecule has 19 heavy (non-hydrogen) atoms. The minimum absolute atomic E-state index is 0.0749. The van der Waals surface area contributed by atoms with Gasteiger partial charge in [0, 0.05) is 12.6 Å². The second-order valence-electron chi connectivity index (χ2n) is 5.23. The molecule has 1 fully saturated rings. The zero-order chi connectivity index (χ0) is 14.4. The van der Waals surface area contributed by atoms with Gasteiger partial charge in [-0.15, -0.1) is 0 Å². The van der Waals surface area contributed by atoms with Gasteiger partial charge in [0.1, 0.15) is 6.10 Å². The van der Waals surface area contributed by atoms with Crippen LogP contribution in [0.3, 0.4) is 0 Å². The van der Waals surface area contributed by atoms with Crippen molar-refractivity contribution in [1.29, 1.82) is 0 Å². The van der Waals surface area contributed by atoms with Crippen LogP contribution >= 0.6 is 0 Å². The third kappa shape index (κ3) is 4.97. The maximum atomic E-state index is 11.6. The Morgan fingerprint density at radius 2 is 2.05 bits per heavy atom. The van der Waals surface area contributed by atoms with Gasteiger partial charge in [0.2, 0.25) is 0 Å². The van der Waals surface area contributed by atoms with Crippen LogP contribution in [0.1, 0.15) is 27.7 Å². The molecule has 3 N–H and O–H groups in total. The summed E-state index contributed by atoms with van der Waals surface area (Å²) in [7, 11) is 0. The molecule has 0 spiro atoms. The Morgan fingerprint density at radius 1 is 1.42 bits per heavy atom. The van der Waals surface area contributed by atoms with E-state index in [4.69, 9.17) is 4.74 Å². The van der Waals surface area contributed by atoms with Crippen molar-refractivity contribution < 1.29 is 14.6 Å². The summed E-state index contributed by atoms with van der Waals surface area (Å²) in [4.78, 5) is 13.8. The zero-order valence-corrected chi connectivity index (χ0v) is 12.3. The summed E-state index contributed by atoms with van der Waals surface area (Å²) in [5.74, 6) is 0. The number of nitrogens with one attached hydrogen (secondary N) is 2. The first-order valence-electron chi connectivity index (χ1n) is 7.06. The lowest BCUT2D eigenvalue weighted by Crippen LogP contribution is -2.50. The molecule has 1 aliphatic rings. The molecule has 0 bridgehead atoms. The highest BCUT2D eigenvalue weighted by molar-refractivity contribution is 5.74. The SMILES string of the molecule is CCN(CC)C[C@@H]1OCC(NC(=O)NC(C)C)[C@H]1O. The van der Waals surface area contributed by atoms with Gasteiger partial charge >= 0.3 is 6.03 Å². The van der Waals surface area contributed by atoms with Crippen LogP contribution in [-0.2, 0) is 4.74 Å².